The minimum atomic E-state index is -0.295. The number of para-hydroxylation sites is 1. The maximum absolute atomic E-state index is 12.7. The van der Waals surface area contributed by atoms with Crippen LogP contribution in [-0.4, -0.2) is 54.0 Å². The van der Waals surface area contributed by atoms with Crippen molar-refractivity contribution in [1.82, 2.24) is 20.2 Å². The molecule has 224 valence electrons. The van der Waals surface area contributed by atoms with E-state index in [1.807, 2.05) is 95.6 Å². The molecule has 0 unspecified atom stereocenters. The summed E-state index contributed by atoms with van der Waals surface area (Å²) in [4.78, 5) is 12.7. The van der Waals surface area contributed by atoms with Crippen LogP contribution in [0.4, 0.5) is 0 Å². The van der Waals surface area contributed by atoms with Crippen LogP contribution in [0.3, 0.4) is 0 Å². The summed E-state index contributed by atoms with van der Waals surface area (Å²) < 4.78 is 24.2. The van der Waals surface area contributed by atoms with Crippen LogP contribution < -0.4 is 24.4 Å². The van der Waals surface area contributed by atoms with E-state index in [0.29, 0.717) is 40.6 Å². The van der Waals surface area contributed by atoms with E-state index in [4.69, 9.17) is 18.9 Å². The third kappa shape index (κ3) is 7.37. The topological polar surface area (TPSA) is 109 Å². The summed E-state index contributed by atoms with van der Waals surface area (Å²) in [6.07, 6.45) is 1.55. The minimum Gasteiger partial charge on any atom is -0.493 e. The van der Waals surface area contributed by atoms with Gasteiger partial charge in [-0.25, -0.2) is 5.43 Å². The van der Waals surface area contributed by atoms with Gasteiger partial charge in [-0.2, -0.15) is 5.10 Å². The van der Waals surface area contributed by atoms with Gasteiger partial charge in [0.05, 0.1) is 33.3 Å². The van der Waals surface area contributed by atoms with Gasteiger partial charge < -0.3 is 18.9 Å². The molecule has 0 saturated heterocycles. The number of hydrogen-bond acceptors (Lipinski definition) is 9. The Hall–Kier alpha value is -5.29. The van der Waals surface area contributed by atoms with Gasteiger partial charge in [-0.15, -0.1) is 10.2 Å². The summed E-state index contributed by atoms with van der Waals surface area (Å²) >= 11 is 1.25. The first kappa shape index (κ1) is 30.2. The van der Waals surface area contributed by atoms with Crippen LogP contribution in [-0.2, 0) is 11.4 Å². The molecule has 4 aromatic carbocycles. The highest BCUT2D eigenvalue weighted by Gasteiger charge is 2.19. The van der Waals surface area contributed by atoms with Crippen molar-refractivity contribution in [2.45, 2.75) is 11.8 Å². The molecule has 0 aliphatic heterocycles. The van der Waals surface area contributed by atoms with E-state index in [1.54, 1.807) is 33.6 Å². The minimum absolute atomic E-state index is 0.0732. The third-order valence-electron chi connectivity index (χ3n) is 6.45. The predicted octanol–water partition coefficient (Wildman–Crippen LogP) is 5.78. The Morgan fingerprint density at radius 2 is 1.50 bits per heavy atom. The summed E-state index contributed by atoms with van der Waals surface area (Å²) in [5.74, 6) is 2.75. The molecule has 0 saturated carbocycles. The molecule has 5 rings (SSSR count). The summed E-state index contributed by atoms with van der Waals surface area (Å²) in [5.41, 5.74) is 6.01. The number of carbonyl (C=O) groups excluding carboxylic acids is 1. The van der Waals surface area contributed by atoms with E-state index in [2.05, 4.69) is 20.7 Å². The van der Waals surface area contributed by atoms with Crippen LogP contribution in [0.1, 0.15) is 11.1 Å². The second-order valence-corrected chi connectivity index (χ2v) is 10.3. The second-order valence-electron chi connectivity index (χ2n) is 9.31. The normalized spacial score (nSPS) is 10.9. The number of methoxy groups -OCH3 is 3. The molecule has 1 N–H and O–H groups in total. The Labute approximate surface area is 259 Å². The van der Waals surface area contributed by atoms with Crippen LogP contribution in [0, 0.1) is 0 Å². The molecular weight excluding hydrogens is 578 g/mol. The van der Waals surface area contributed by atoms with Gasteiger partial charge in [-0.1, -0.05) is 60.3 Å². The van der Waals surface area contributed by atoms with Crippen molar-refractivity contribution in [3.05, 3.63) is 108 Å². The highest BCUT2D eigenvalue weighted by Crippen LogP contribution is 2.34. The lowest BCUT2D eigenvalue weighted by molar-refractivity contribution is -0.118. The zero-order valence-corrected chi connectivity index (χ0v) is 25.3. The molecule has 5 aromatic rings. The number of ether oxygens (including phenoxy) is 4. The molecule has 0 radical (unpaired) electrons. The largest absolute Gasteiger partial charge is 0.493 e. The SMILES string of the molecule is COc1ccc(-c2nnc(SCC(=O)N/N=C\c3ccc(OCc4ccccc4)c(OC)c3)n2-c2ccccc2)cc1OC. The van der Waals surface area contributed by atoms with Crippen molar-refractivity contribution in [1.29, 1.82) is 0 Å². The molecule has 1 heterocycles. The van der Waals surface area contributed by atoms with Gasteiger partial charge in [-0.3, -0.25) is 9.36 Å². The number of nitrogens with zero attached hydrogens (tertiary/aromatic N) is 4. The predicted molar refractivity (Wildman–Crippen MR) is 170 cm³/mol. The van der Waals surface area contributed by atoms with E-state index < -0.39 is 0 Å². The zero-order valence-electron chi connectivity index (χ0n) is 24.5. The molecule has 1 amide bonds. The number of amides is 1. The number of carbonyl (C=O) groups is 1. The smallest absolute Gasteiger partial charge is 0.250 e. The van der Waals surface area contributed by atoms with Crippen molar-refractivity contribution < 1.29 is 23.7 Å². The summed E-state index contributed by atoms with van der Waals surface area (Å²) in [7, 11) is 4.75. The fourth-order valence-electron chi connectivity index (χ4n) is 4.30. The zero-order chi connectivity index (χ0) is 30.7. The molecule has 0 aliphatic carbocycles. The van der Waals surface area contributed by atoms with Crippen LogP contribution in [0.5, 0.6) is 23.0 Å². The fraction of sp³-hybridized carbons (Fsp3) is 0.152. The van der Waals surface area contributed by atoms with Crippen LogP contribution in [0.15, 0.2) is 107 Å². The molecule has 0 atom stereocenters. The monoisotopic (exact) mass is 609 g/mol. The van der Waals surface area contributed by atoms with Gasteiger partial charge >= 0.3 is 0 Å². The molecule has 0 aliphatic rings. The van der Waals surface area contributed by atoms with E-state index in [1.165, 1.54) is 11.8 Å². The lowest BCUT2D eigenvalue weighted by Gasteiger charge is -2.12. The van der Waals surface area contributed by atoms with Gasteiger partial charge in [0.2, 0.25) is 0 Å². The molecule has 44 heavy (non-hydrogen) atoms. The van der Waals surface area contributed by atoms with Crippen LogP contribution in [0.25, 0.3) is 17.1 Å². The summed E-state index contributed by atoms with van der Waals surface area (Å²) in [6, 6.07) is 30.6. The van der Waals surface area contributed by atoms with Crippen molar-refractivity contribution >= 4 is 23.9 Å². The Morgan fingerprint density at radius 3 is 2.23 bits per heavy atom. The van der Waals surface area contributed by atoms with Gasteiger partial charge in [0.1, 0.15) is 6.61 Å². The number of thioether (sulfide) groups is 1. The van der Waals surface area contributed by atoms with Gasteiger partial charge in [0, 0.05) is 11.3 Å². The van der Waals surface area contributed by atoms with E-state index in [-0.39, 0.29) is 11.7 Å². The third-order valence-corrected chi connectivity index (χ3v) is 7.38. The first-order valence-corrected chi connectivity index (χ1v) is 14.6. The van der Waals surface area contributed by atoms with Crippen LogP contribution in [0.2, 0.25) is 0 Å². The van der Waals surface area contributed by atoms with Gasteiger partial charge in [-0.05, 0) is 59.7 Å². The average molecular weight is 610 g/mol. The lowest BCUT2D eigenvalue weighted by atomic mass is 10.2. The lowest BCUT2D eigenvalue weighted by Crippen LogP contribution is -2.20. The fourth-order valence-corrected chi connectivity index (χ4v) is 5.04. The summed E-state index contributed by atoms with van der Waals surface area (Å²) in [5, 5.41) is 13.5. The first-order valence-electron chi connectivity index (χ1n) is 13.6. The van der Waals surface area contributed by atoms with Crippen LogP contribution >= 0.6 is 11.8 Å². The molecular formula is C33H31N5O5S. The standard InChI is InChI=1S/C33H31N5O5S/c1-40-27-17-15-25(19-30(27)42-3)32-36-37-33(38(32)26-12-8-5-9-13-26)44-22-31(39)35-34-20-24-14-16-28(29(18-24)41-2)43-21-23-10-6-4-7-11-23/h4-20H,21-22H2,1-3H3,(H,35,39)/b34-20-. The van der Waals surface area contributed by atoms with E-state index in [0.717, 1.165) is 22.4 Å². The van der Waals surface area contributed by atoms with Crippen molar-refractivity contribution in [3.8, 4) is 40.1 Å². The van der Waals surface area contributed by atoms with Gasteiger partial charge in [0.15, 0.2) is 34.0 Å². The molecule has 10 nitrogen and oxygen atoms in total. The Morgan fingerprint density at radius 1 is 0.818 bits per heavy atom. The first-order chi connectivity index (χ1) is 21.6. The summed E-state index contributed by atoms with van der Waals surface area (Å²) in [6.45, 7) is 0.423. The molecule has 0 fully saturated rings. The highest BCUT2D eigenvalue weighted by molar-refractivity contribution is 7.99. The van der Waals surface area contributed by atoms with E-state index >= 15 is 0 Å². The van der Waals surface area contributed by atoms with Crippen molar-refractivity contribution in [2.24, 2.45) is 5.10 Å². The Balaban J connectivity index is 1.24. The number of benzene rings is 4. The van der Waals surface area contributed by atoms with Crippen molar-refractivity contribution in [3.63, 3.8) is 0 Å². The molecule has 11 heteroatoms. The maximum atomic E-state index is 12.7. The van der Waals surface area contributed by atoms with E-state index in [9.17, 15) is 4.79 Å². The quantitative estimate of drug-likeness (QED) is 0.102. The highest BCUT2D eigenvalue weighted by atomic mass is 32.2. The maximum Gasteiger partial charge on any atom is 0.250 e. The Kier molecular flexibility index (Phi) is 10.1. The average Bonchev–Trinajstić information content (AvgIpc) is 3.51. The molecule has 0 spiro atoms. The number of nitrogens with one attached hydrogen (secondary N) is 1. The molecule has 1 aromatic heterocycles. The number of hydrazone groups is 1. The van der Waals surface area contributed by atoms with Gasteiger partial charge in [0.25, 0.3) is 5.91 Å². The van der Waals surface area contributed by atoms with Crippen molar-refractivity contribution in [2.75, 3.05) is 27.1 Å². The number of aromatic nitrogens is 3. The molecule has 0 bridgehead atoms. The number of rotatable bonds is 13. The Bertz CT molecular complexity index is 1730. The second kappa shape index (κ2) is 14.7. The number of hydrogen-bond donors (Lipinski definition) is 1.